The number of hydrogen-bond acceptors (Lipinski definition) is 8. The maximum Gasteiger partial charge on any atom is 0.407 e. The Balaban J connectivity index is 1.49. The first kappa shape index (κ1) is 22.1. The van der Waals surface area contributed by atoms with Gasteiger partial charge >= 0.3 is 11.8 Å². The SMILES string of the molecule is COC1CC2(C1)CN(c1ccc([N+](=O)[O-])c(OCCCNC(=O)OC(C)(C)C)n1)C2. The van der Waals surface area contributed by atoms with Crippen molar-refractivity contribution in [1.82, 2.24) is 10.3 Å². The summed E-state index contributed by atoms with van der Waals surface area (Å²) >= 11 is 0. The number of nitrogens with zero attached hydrogens (tertiary/aromatic N) is 3. The lowest BCUT2D eigenvalue weighted by Gasteiger charge is -2.58. The molecule has 166 valence electrons. The number of carbonyl (C=O) groups excluding carboxylic acids is 1. The number of aromatic nitrogens is 1. The normalized spacial score (nSPS) is 17.8. The Morgan fingerprint density at radius 1 is 1.37 bits per heavy atom. The Bertz CT molecular complexity index is 780. The molecule has 1 saturated carbocycles. The summed E-state index contributed by atoms with van der Waals surface area (Å²) in [4.78, 5) is 28.9. The van der Waals surface area contributed by atoms with Crippen LogP contribution in [0.15, 0.2) is 12.1 Å². The van der Waals surface area contributed by atoms with Crippen molar-refractivity contribution in [2.24, 2.45) is 5.41 Å². The third-order valence-corrected chi connectivity index (χ3v) is 5.28. The number of alkyl carbamates (subject to hydrolysis) is 1. The van der Waals surface area contributed by atoms with E-state index < -0.39 is 16.6 Å². The van der Waals surface area contributed by atoms with Crippen molar-refractivity contribution >= 4 is 17.6 Å². The zero-order chi connectivity index (χ0) is 21.9. The highest BCUT2D eigenvalue weighted by molar-refractivity contribution is 5.67. The number of nitrogens with one attached hydrogen (secondary N) is 1. The van der Waals surface area contributed by atoms with Crippen LogP contribution in [0.2, 0.25) is 0 Å². The van der Waals surface area contributed by atoms with Crippen molar-refractivity contribution in [1.29, 1.82) is 0 Å². The van der Waals surface area contributed by atoms with Crippen molar-refractivity contribution < 1.29 is 23.9 Å². The molecule has 2 heterocycles. The van der Waals surface area contributed by atoms with Gasteiger partial charge in [0.1, 0.15) is 11.4 Å². The van der Waals surface area contributed by atoms with Crippen LogP contribution in [-0.2, 0) is 9.47 Å². The molecule has 0 unspecified atom stereocenters. The number of anilines is 1. The molecule has 1 N–H and O–H groups in total. The van der Waals surface area contributed by atoms with Gasteiger partial charge in [-0.3, -0.25) is 10.1 Å². The number of amides is 1. The van der Waals surface area contributed by atoms with Crippen molar-refractivity contribution in [2.45, 2.75) is 51.7 Å². The second-order valence-electron chi connectivity index (χ2n) is 9.00. The molecular weight excluding hydrogens is 392 g/mol. The van der Waals surface area contributed by atoms with Crippen LogP contribution in [0.5, 0.6) is 5.88 Å². The quantitative estimate of drug-likeness (QED) is 0.386. The predicted molar refractivity (Wildman–Crippen MR) is 110 cm³/mol. The van der Waals surface area contributed by atoms with Gasteiger partial charge in [0.05, 0.1) is 17.6 Å². The fourth-order valence-electron chi connectivity index (χ4n) is 3.85. The van der Waals surface area contributed by atoms with E-state index in [0.29, 0.717) is 30.3 Å². The molecule has 1 spiro atoms. The van der Waals surface area contributed by atoms with Crippen molar-refractivity contribution in [3.05, 3.63) is 22.2 Å². The number of hydrogen-bond donors (Lipinski definition) is 1. The minimum Gasteiger partial charge on any atom is -0.473 e. The van der Waals surface area contributed by atoms with Gasteiger partial charge in [-0.2, -0.15) is 4.98 Å². The Labute approximate surface area is 176 Å². The highest BCUT2D eigenvalue weighted by atomic mass is 16.6. The van der Waals surface area contributed by atoms with Crippen LogP contribution in [0, 0.1) is 15.5 Å². The number of nitro groups is 1. The van der Waals surface area contributed by atoms with Crippen molar-refractivity contribution in [3.8, 4) is 5.88 Å². The number of pyridine rings is 1. The van der Waals surface area contributed by atoms with Gasteiger partial charge in [0.25, 0.3) is 5.88 Å². The molecule has 1 aliphatic heterocycles. The second-order valence-corrected chi connectivity index (χ2v) is 9.00. The Kier molecular flexibility index (Phi) is 6.35. The summed E-state index contributed by atoms with van der Waals surface area (Å²) in [5.74, 6) is 0.674. The molecule has 0 atom stereocenters. The van der Waals surface area contributed by atoms with Crippen LogP contribution >= 0.6 is 0 Å². The smallest absolute Gasteiger partial charge is 0.407 e. The Morgan fingerprint density at radius 2 is 2.07 bits per heavy atom. The highest BCUT2D eigenvalue weighted by Crippen LogP contribution is 2.50. The summed E-state index contributed by atoms with van der Waals surface area (Å²) in [6.07, 6.45) is 2.38. The summed E-state index contributed by atoms with van der Waals surface area (Å²) in [5, 5.41) is 13.9. The third-order valence-electron chi connectivity index (χ3n) is 5.28. The van der Waals surface area contributed by atoms with E-state index >= 15 is 0 Å². The lowest BCUT2D eigenvalue weighted by Crippen LogP contribution is -2.64. The Hall–Kier alpha value is -2.62. The fourth-order valence-corrected chi connectivity index (χ4v) is 3.85. The van der Waals surface area contributed by atoms with Crippen LogP contribution in [0.3, 0.4) is 0 Å². The molecule has 30 heavy (non-hydrogen) atoms. The molecule has 1 aromatic rings. The van der Waals surface area contributed by atoms with Crippen LogP contribution < -0.4 is 15.0 Å². The van der Waals surface area contributed by atoms with Gasteiger partial charge in [-0.25, -0.2) is 4.79 Å². The lowest BCUT2D eigenvalue weighted by atomic mass is 9.62. The average molecular weight is 422 g/mol. The van der Waals surface area contributed by atoms with Crippen LogP contribution in [0.4, 0.5) is 16.3 Å². The molecule has 2 aliphatic rings. The van der Waals surface area contributed by atoms with E-state index in [0.717, 1.165) is 25.9 Å². The molecule has 0 bridgehead atoms. The standard InChI is InChI=1S/C20H30N4O6/c1-19(2,3)30-18(25)21-8-5-9-29-17-15(24(26)27)6-7-16(22-17)23-12-20(13-23)10-14(11-20)28-4/h6-7,14H,5,8-13H2,1-4H3,(H,21,25). The van der Waals surface area contributed by atoms with Crippen molar-refractivity contribution in [2.75, 3.05) is 38.3 Å². The molecule has 10 heteroatoms. The first-order valence-corrected chi connectivity index (χ1v) is 10.1. The van der Waals surface area contributed by atoms with Gasteiger partial charge in [-0.05, 0) is 46.1 Å². The average Bonchev–Trinajstić information content (AvgIpc) is 2.57. The number of ether oxygens (including phenoxy) is 3. The summed E-state index contributed by atoms with van der Waals surface area (Å²) in [6, 6.07) is 3.09. The molecule has 1 saturated heterocycles. The third kappa shape index (κ3) is 5.29. The molecule has 0 radical (unpaired) electrons. The monoisotopic (exact) mass is 422 g/mol. The second kappa shape index (κ2) is 8.63. The maximum atomic E-state index is 11.6. The summed E-state index contributed by atoms with van der Waals surface area (Å²) < 4.78 is 16.1. The molecule has 1 aromatic heterocycles. The van der Waals surface area contributed by atoms with E-state index in [-0.39, 0.29) is 18.2 Å². The van der Waals surface area contributed by atoms with E-state index in [1.54, 1.807) is 33.9 Å². The van der Waals surface area contributed by atoms with E-state index in [1.807, 2.05) is 0 Å². The van der Waals surface area contributed by atoms with E-state index in [1.165, 1.54) is 6.07 Å². The van der Waals surface area contributed by atoms with Gasteiger partial charge in [-0.1, -0.05) is 0 Å². The topological polar surface area (TPSA) is 116 Å². The van der Waals surface area contributed by atoms with E-state index in [9.17, 15) is 14.9 Å². The van der Waals surface area contributed by atoms with Crippen LogP contribution in [0.1, 0.15) is 40.0 Å². The summed E-state index contributed by atoms with van der Waals surface area (Å²) in [6.45, 7) is 7.62. The van der Waals surface area contributed by atoms with Gasteiger partial charge in [-0.15, -0.1) is 0 Å². The number of rotatable bonds is 8. The molecule has 3 rings (SSSR count). The molecule has 2 fully saturated rings. The Morgan fingerprint density at radius 3 is 2.67 bits per heavy atom. The minimum atomic E-state index is -0.565. The summed E-state index contributed by atoms with van der Waals surface area (Å²) in [5.41, 5.74) is -0.444. The van der Waals surface area contributed by atoms with E-state index in [2.05, 4.69) is 15.2 Å². The first-order chi connectivity index (χ1) is 14.1. The minimum absolute atomic E-state index is 0.000837. The number of carbonyl (C=O) groups is 1. The molecule has 1 amide bonds. The van der Waals surface area contributed by atoms with Crippen molar-refractivity contribution in [3.63, 3.8) is 0 Å². The summed E-state index contributed by atoms with van der Waals surface area (Å²) in [7, 11) is 1.73. The molecular formula is C20H30N4O6. The zero-order valence-corrected chi connectivity index (χ0v) is 18.0. The van der Waals surface area contributed by atoms with Gasteiger partial charge in [0.15, 0.2) is 0 Å². The highest BCUT2D eigenvalue weighted by Gasteiger charge is 2.53. The predicted octanol–water partition coefficient (Wildman–Crippen LogP) is 2.90. The van der Waals surface area contributed by atoms with Gasteiger partial charge in [0, 0.05) is 38.2 Å². The van der Waals surface area contributed by atoms with Gasteiger partial charge in [0.2, 0.25) is 0 Å². The number of methoxy groups -OCH3 is 1. The molecule has 0 aromatic carbocycles. The van der Waals surface area contributed by atoms with Gasteiger partial charge < -0.3 is 24.4 Å². The fraction of sp³-hybridized carbons (Fsp3) is 0.700. The van der Waals surface area contributed by atoms with Crippen LogP contribution in [0.25, 0.3) is 0 Å². The maximum absolute atomic E-state index is 11.6. The molecule has 10 nitrogen and oxygen atoms in total. The lowest BCUT2D eigenvalue weighted by molar-refractivity contribution is -0.386. The largest absolute Gasteiger partial charge is 0.473 e. The molecule has 1 aliphatic carbocycles. The van der Waals surface area contributed by atoms with E-state index in [4.69, 9.17) is 14.2 Å². The van der Waals surface area contributed by atoms with Crippen LogP contribution in [-0.4, -0.2) is 61.1 Å². The first-order valence-electron chi connectivity index (χ1n) is 10.1. The zero-order valence-electron chi connectivity index (χ0n) is 18.0.